The Labute approximate surface area is 155 Å². The Balaban J connectivity index is 1.35. The lowest BCUT2D eigenvalue weighted by Crippen LogP contribution is -2.41. The lowest BCUT2D eigenvalue weighted by atomic mass is 9.94. The molecule has 3 aromatic heterocycles. The maximum Gasteiger partial charge on any atom is 0.227 e. The summed E-state index contributed by atoms with van der Waals surface area (Å²) in [6.45, 7) is 1.56. The van der Waals surface area contributed by atoms with Crippen LogP contribution in [0.1, 0.15) is 24.3 Å². The van der Waals surface area contributed by atoms with Crippen molar-refractivity contribution in [2.75, 3.05) is 13.1 Å². The Morgan fingerprint density at radius 1 is 1.38 bits per heavy atom. The Kier molecular flexibility index (Phi) is 5.06. The minimum atomic E-state index is 0.159. The Morgan fingerprint density at radius 2 is 2.35 bits per heavy atom. The van der Waals surface area contributed by atoms with E-state index in [1.165, 1.54) is 0 Å². The number of rotatable bonds is 5. The van der Waals surface area contributed by atoms with Crippen LogP contribution in [0.2, 0.25) is 0 Å². The van der Waals surface area contributed by atoms with Crippen LogP contribution in [0.25, 0.3) is 11.4 Å². The van der Waals surface area contributed by atoms with Gasteiger partial charge in [-0.1, -0.05) is 11.2 Å². The molecule has 0 spiro atoms. The first-order valence-electron chi connectivity index (χ1n) is 8.80. The standard InChI is InChI=1S/C19H20N4O2S/c24-18(10-14-3-1-6-20-11-14)23-7-2-4-15(12-23)9-17-21-19(22-25-17)16-5-8-26-13-16/h1,3,5-6,8,11,13,15H,2,4,7,9-10,12H2/t15-/m0/s1. The predicted molar refractivity (Wildman–Crippen MR) is 98.6 cm³/mol. The number of carbonyl (C=O) groups excluding carboxylic acids is 1. The molecule has 1 fully saturated rings. The summed E-state index contributed by atoms with van der Waals surface area (Å²) in [5.41, 5.74) is 1.94. The molecule has 1 aliphatic heterocycles. The van der Waals surface area contributed by atoms with Crippen LogP contribution in [-0.4, -0.2) is 39.0 Å². The molecule has 0 N–H and O–H groups in total. The van der Waals surface area contributed by atoms with Crippen molar-refractivity contribution in [2.24, 2.45) is 5.92 Å². The highest BCUT2D eigenvalue weighted by atomic mass is 32.1. The molecule has 0 saturated carbocycles. The van der Waals surface area contributed by atoms with E-state index in [1.807, 2.05) is 33.9 Å². The summed E-state index contributed by atoms with van der Waals surface area (Å²) in [4.78, 5) is 23.1. The van der Waals surface area contributed by atoms with Crippen LogP contribution >= 0.6 is 11.3 Å². The van der Waals surface area contributed by atoms with Crippen LogP contribution in [-0.2, 0) is 17.6 Å². The van der Waals surface area contributed by atoms with E-state index >= 15 is 0 Å². The summed E-state index contributed by atoms with van der Waals surface area (Å²) in [7, 11) is 0. The van der Waals surface area contributed by atoms with Gasteiger partial charge in [-0.05, 0) is 41.8 Å². The number of aromatic nitrogens is 3. The maximum atomic E-state index is 12.6. The highest BCUT2D eigenvalue weighted by molar-refractivity contribution is 7.08. The van der Waals surface area contributed by atoms with Crippen molar-refractivity contribution < 1.29 is 9.32 Å². The Bertz CT molecular complexity index is 848. The zero-order valence-electron chi connectivity index (χ0n) is 14.4. The Morgan fingerprint density at radius 3 is 3.15 bits per heavy atom. The van der Waals surface area contributed by atoms with Gasteiger partial charge in [0.2, 0.25) is 17.6 Å². The minimum Gasteiger partial charge on any atom is -0.342 e. The fourth-order valence-electron chi connectivity index (χ4n) is 3.34. The molecule has 0 aromatic carbocycles. The third-order valence-corrected chi connectivity index (χ3v) is 5.34. The summed E-state index contributed by atoms with van der Waals surface area (Å²) in [6, 6.07) is 5.79. The van der Waals surface area contributed by atoms with Crippen LogP contribution in [0.3, 0.4) is 0 Å². The number of thiophene rings is 1. The molecule has 3 aromatic rings. The van der Waals surface area contributed by atoms with E-state index in [0.29, 0.717) is 30.5 Å². The smallest absolute Gasteiger partial charge is 0.227 e. The second kappa shape index (κ2) is 7.78. The van der Waals surface area contributed by atoms with Crippen LogP contribution < -0.4 is 0 Å². The lowest BCUT2D eigenvalue weighted by molar-refractivity contribution is -0.132. The van der Waals surface area contributed by atoms with Gasteiger partial charge in [0.1, 0.15) is 0 Å². The fourth-order valence-corrected chi connectivity index (χ4v) is 3.98. The number of carbonyl (C=O) groups is 1. The van der Waals surface area contributed by atoms with Gasteiger partial charge < -0.3 is 9.42 Å². The van der Waals surface area contributed by atoms with E-state index in [0.717, 1.165) is 37.1 Å². The van der Waals surface area contributed by atoms with E-state index in [1.54, 1.807) is 23.7 Å². The second-order valence-corrected chi connectivity index (χ2v) is 7.39. The Hall–Kier alpha value is -2.54. The molecule has 0 unspecified atom stereocenters. The summed E-state index contributed by atoms with van der Waals surface area (Å²) < 4.78 is 5.41. The van der Waals surface area contributed by atoms with E-state index in [4.69, 9.17) is 4.52 Å². The van der Waals surface area contributed by atoms with Crippen molar-refractivity contribution >= 4 is 17.2 Å². The van der Waals surface area contributed by atoms with E-state index in [2.05, 4.69) is 15.1 Å². The van der Waals surface area contributed by atoms with Gasteiger partial charge in [0.05, 0.1) is 6.42 Å². The topological polar surface area (TPSA) is 72.1 Å². The van der Waals surface area contributed by atoms with Crippen molar-refractivity contribution in [2.45, 2.75) is 25.7 Å². The summed E-state index contributed by atoms with van der Waals surface area (Å²) in [5.74, 6) is 1.81. The fraction of sp³-hybridized carbons (Fsp3) is 0.368. The molecule has 4 heterocycles. The normalized spacial score (nSPS) is 17.4. The van der Waals surface area contributed by atoms with Crippen LogP contribution in [0, 0.1) is 5.92 Å². The maximum absolute atomic E-state index is 12.6. The van der Waals surface area contributed by atoms with Crippen molar-refractivity contribution in [3.05, 3.63) is 52.8 Å². The number of amides is 1. The van der Waals surface area contributed by atoms with Gasteiger partial charge in [0.15, 0.2) is 0 Å². The number of piperidine rings is 1. The summed E-state index contributed by atoms with van der Waals surface area (Å²) >= 11 is 1.61. The van der Waals surface area contributed by atoms with Crippen molar-refractivity contribution in [1.29, 1.82) is 0 Å². The van der Waals surface area contributed by atoms with Gasteiger partial charge >= 0.3 is 0 Å². The van der Waals surface area contributed by atoms with Crippen LogP contribution in [0.15, 0.2) is 45.9 Å². The van der Waals surface area contributed by atoms with Crippen molar-refractivity contribution in [3.63, 3.8) is 0 Å². The number of nitrogens with zero attached hydrogens (tertiary/aromatic N) is 4. The molecule has 0 aliphatic carbocycles. The monoisotopic (exact) mass is 368 g/mol. The molecule has 134 valence electrons. The molecule has 4 rings (SSSR count). The molecule has 1 saturated heterocycles. The van der Waals surface area contributed by atoms with Gasteiger partial charge in [-0.3, -0.25) is 9.78 Å². The second-order valence-electron chi connectivity index (χ2n) is 6.61. The molecule has 0 bridgehead atoms. The largest absolute Gasteiger partial charge is 0.342 e. The summed E-state index contributed by atoms with van der Waals surface area (Å²) in [5, 5.41) is 8.07. The van der Waals surface area contributed by atoms with Gasteiger partial charge in [0, 0.05) is 42.8 Å². The molecular weight excluding hydrogens is 348 g/mol. The first kappa shape index (κ1) is 16.9. The molecule has 6 nitrogen and oxygen atoms in total. The number of hydrogen-bond acceptors (Lipinski definition) is 6. The number of pyridine rings is 1. The highest BCUT2D eigenvalue weighted by Gasteiger charge is 2.25. The van der Waals surface area contributed by atoms with Crippen LogP contribution in [0.5, 0.6) is 0 Å². The van der Waals surface area contributed by atoms with Crippen molar-refractivity contribution in [1.82, 2.24) is 20.0 Å². The lowest BCUT2D eigenvalue weighted by Gasteiger charge is -2.32. The predicted octanol–water partition coefficient (Wildman–Crippen LogP) is 3.22. The van der Waals surface area contributed by atoms with Gasteiger partial charge in [0.25, 0.3) is 0 Å². The quantitative estimate of drug-likeness (QED) is 0.691. The minimum absolute atomic E-state index is 0.159. The zero-order valence-corrected chi connectivity index (χ0v) is 15.2. The van der Waals surface area contributed by atoms with Gasteiger partial charge in [-0.25, -0.2) is 0 Å². The van der Waals surface area contributed by atoms with E-state index < -0.39 is 0 Å². The molecular formula is C19H20N4O2S. The van der Waals surface area contributed by atoms with Gasteiger partial charge in [-0.15, -0.1) is 0 Å². The SMILES string of the molecule is O=C(Cc1cccnc1)N1CCC[C@@H](Cc2nc(-c3ccsc3)no2)C1. The first-order valence-corrected chi connectivity index (χ1v) is 9.74. The average molecular weight is 368 g/mol. The zero-order chi connectivity index (χ0) is 17.8. The third-order valence-electron chi connectivity index (χ3n) is 4.66. The van der Waals surface area contributed by atoms with E-state index in [-0.39, 0.29) is 5.91 Å². The third kappa shape index (κ3) is 3.99. The molecule has 1 atom stereocenters. The average Bonchev–Trinajstić information content (AvgIpc) is 3.34. The van der Waals surface area contributed by atoms with Crippen LogP contribution in [0.4, 0.5) is 0 Å². The number of likely N-dealkylation sites (tertiary alicyclic amines) is 1. The molecule has 7 heteroatoms. The molecule has 1 aliphatic rings. The molecule has 0 radical (unpaired) electrons. The van der Waals surface area contributed by atoms with Crippen molar-refractivity contribution in [3.8, 4) is 11.4 Å². The summed E-state index contributed by atoms with van der Waals surface area (Å²) in [6.07, 6.45) is 6.68. The van der Waals surface area contributed by atoms with Gasteiger partial charge in [-0.2, -0.15) is 16.3 Å². The first-order chi connectivity index (χ1) is 12.8. The molecule has 1 amide bonds. The van der Waals surface area contributed by atoms with E-state index in [9.17, 15) is 4.79 Å². The molecule has 26 heavy (non-hydrogen) atoms. The number of hydrogen-bond donors (Lipinski definition) is 0. The highest BCUT2D eigenvalue weighted by Crippen LogP contribution is 2.23.